The van der Waals surface area contributed by atoms with Gasteiger partial charge in [-0.05, 0) is 42.0 Å². The van der Waals surface area contributed by atoms with E-state index < -0.39 is 0 Å². The number of rotatable bonds is 4. The Morgan fingerprint density at radius 1 is 1.15 bits per heavy atom. The molecule has 2 aromatic carbocycles. The van der Waals surface area contributed by atoms with Crippen LogP contribution in [0.1, 0.15) is 5.56 Å². The summed E-state index contributed by atoms with van der Waals surface area (Å²) in [5.74, 6) is 1.43. The molecule has 2 N–H and O–H groups in total. The quantitative estimate of drug-likeness (QED) is 0.683. The molecule has 3 aromatic rings. The summed E-state index contributed by atoms with van der Waals surface area (Å²) in [6.45, 7) is 0.628. The van der Waals surface area contributed by atoms with Gasteiger partial charge in [0.15, 0.2) is 16.6 Å². The first-order valence-electron chi connectivity index (χ1n) is 7.77. The van der Waals surface area contributed by atoms with Gasteiger partial charge in [-0.25, -0.2) is 14.1 Å². The van der Waals surface area contributed by atoms with Crippen molar-refractivity contribution in [1.82, 2.24) is 14.8 Å². The van der Waals surface area contributed by atoms with Crippen LogP contribution in [-0.2, 0) is 6.54 Å². The van der Waals surface area contributed by atoms with E-state index in [9.17, 15) is 4.39 Å². The molecular formula is C17H14FN5O2S. The molecule has 0 aliphatic carbocycles. The normalized spacial score (nSPS) is 12.0. The van der Waals surface area contributed by atoms with E-state index in [0.717, 1.165) is 11.3 Å². The van der Waals surface area contributed by atoms with Gasteiger partial charge in [-0.1, -0.05) is 12.1 Å². The number of aromatic nitrogens is 3. The van der Waals surface area contributed by atoms with Gasteiger partial charge in [-0.15, -0.1) is 5.10 Å². The minimum absolute atomic E-state index is 0.216. The van der Waals surface area contributed by atoms with Gasteiger partial charge < -0.3 is 14.8 Å². The number of nitrogens with zero attached hydrogens (tertiary/aromatic N) is 3. The molecule has 0 fully saturated rings. The third-order valence-corrected chi connectivity index (χ3v) is 3.83. The summed E-state index contributed by atoms with van der Waals surface area (Å²) >= 11 is 5.27. The highest BCUT2D eigenvalue weighted by Crippen LogP contribution is 2.34. The van der Waals surface area contributed by atoms with Gasteiger partial charge in [-0.2, -0.15) is 0 Å². The standard InChI is InChI=1S/C17H14FN5O2S/c18-12-3-1-2-11(6-12)8-23-9-19-16(22-23)21-17(26)20-13-4-5-14-15(7-13)25-10-24-14/h1-7,9H,8,10H2,(H2,20,21,22,26). The van der Waals surface area contributed by atoms with Gasteiger partial charge in [0.05, 0.1) is 6.54 Å². The molecule has 0 atom stereocenters. The highest BCUT2D eigenvalue weighted by atomic mass is 32.1. The van der Waals surface area contributed by atoms with Gasteiger partial charge in [0, 0.05) is 11.8 Å². The summed E-state index contributed by atoms with van der Waals surface area (Å²) in [5.41, 5.74) is 1.55. The van der Waals surface area contributed by atoms with E-state index in [0.29, 0.717) is 29.1 Å². The van der Waals surface area contributed by atoms with Crippen LogP contribution in [0.4, 0.5) is 16.0 Å². The Kier molecular flexibility index (Phi) is 4.36. The molecule has 7 nitrogen and oxygen atoms in total. The lowest BCUT2D eigenvalue weighted by Gasteiger charge is -2.08. The SMILES string of the molecule is Fc1cccc(Cn2cnc(NC(=S)Nc3ccc4c(c3)OCO4)n2)c1. The number of thiocarbonyl (C=S) groups is 1. The second kappa shape index (κ2) is 6.96. The number of hydrogen-bond donors (Lipinski definition) is 2. The van der Waals surface area contributed by atoms with Crippen LogP contribution in [0.25, 0.3) is 0 Å². The molecule has 1 aliphatic heterocycles. The minimum Gasteiger partial charge on any atom is -0.454 e. The van der Waals surface area contributed by atoms with Crippen LogP contribution in [0.2, 0.25) is 0 Å². The Bertz CT molecular complexity index is 962. The van der Waals surface area contributed by atoms with Crippen LogP contribution in [0, 0.1) is 5.82 Å². The summed E-state index contributed by atoms with van der Waals surface area (Å²) in [6, 6.07) is 11.8. The molecule has 0 saturated carbocycles. The second-order valence-electron chi connectivity index (χ2n) is 5.54. The van der Waals surface area contributed by atoms with Crippen molar-refractivity contribution in [3.05, 3.63) is 60.2 Å². The number of ether oxygens (including phenoxy) is 2. The van der Waals surface area contributed by atoms with Gasteiger partial charge in [0.25, 0.3) is 0 Å². The molecule has 0 unspecified atom stereocenters. The first-order chi connectivity index (χ1) is 12.7. The molecule has 0 spiro atoms. The predicted octanol–water partition coefficient (Wildman–Crippen LogP) is 3.00. The van der Waals surface area contributed by atoms with Crippen molar-refractivity contribution in [2.24, 2.45) is 0 Å². The van der Waals surface area contributed by atoms with Crippen LogP contribution in [-0.4, -0.2) is 26.7 Å². The number of fused-ring (bicyclic) bond motifs is 1. The van der Waals surface area contributed by atoms with E-state index in [-0.39, 0.29) is 12.6 Å². The van der Waals surface area contributed by atoms with Crippen molar-refractivity contribution in [1.29, 1.82) is 0 Å². The summed E-state index contributed by atoms with van der Waals surface area (Å²) in [7, 11) is 0. The average molecular weight is 371 g/mol. The van der Waals surface area contributed by atoms with Crippen molar-refractivity contribution in [2.45, 2.75) is 6.54 Å². The van der Waals surface area contributed by atoms with E-state index in [2.05, 4.69) is 20.7 Å². The third kappa shape index (κ3) is 3.72. The monoisotopic (exact) mass is 371 g/mol. The fraction of sp³-hybridized carbons (Fsp3) is 0.118. The zero-order valence-electron chi connectivity index (χ0n) is 13.5. The van der Waals surface area contributed by atoms with E-state index >= 15 is 0 Å². The second-order valence-corrected chi connectivity index (χ2v) is 5.95. The van der Waals surface area contributed by atoms with E-state index in [4.69, 9.17) is 21.7 Å². The number of anilines is 2. The Morgan fingerprint density at radius 3 is 2.92 bits per heavy atom. The lowest BCUT2D eigenvalue weighted by Crippen LogP contribution is -2.20. The van der Waals surface area contributed by atoms with Crippen LogP contribution in [0.5, 0.6) is 11.5 Å². The van der Waals surface area contributed by atoms with Crippen LogP contribution >= 0.6 is 12.2 Å². The maximum absolute atomic E-state index is 13.2. The molecule has 0 saturated heterocycles. The van der Waals surface area contributed by atoms with Crippen molar-refractivity contribution < 1.29 is 13.9 Å². The zero-order valence-corrected chi connectivity index (χ0v) is 14.3. The third-order valence-electron chi connectivity index (χ3n) is 3.63. The van der Waals surface area contributed by atoms with Gasteiger partial charge in [0.1, 0.15) is 12.1 Å². The minimum atomic E-state index is -0.282. The Morgan fingerprint density at radius 2 is 2.04 bits per heavy atom. The summed E-state index contributed by atoms with van der Waals surface area (Å²) in [5, 5.41) is 10.6. The van der Waals surface area contributed by atoms with Crippen molar-refractivity contribution in [2.75, 3.05) is 17.4 Å². The summed E-state index contributed by atoms with van der Waals surface area (Å²) in [6.07, 6.45) is 1.55. The highest BCUT2D eigenvalue weighted by molar-refractivity contribution is 7.80. The van der Waals surface area contributed by atoms with Crippen LogP contribution in [0.3, 0.4) is 0 Å². The fourth-order valence-electron chi connectivity index (χ4n) is 2.49. The largest absolute Gasteiger partial charge is 0.454 e. The maximum atomic E-state index is 13.2. The molecule has 26 heavy (non-hydrogen) atoms. The van der Waals surface area contributed by atoms with Crippen molar-refractivity contribution >= 4 is 29.0 Å². The van der Waals surface area contributed by atoms with Gasteiger partial charge in [-0.3, -0.25) is 5.32 Å². The fourth-order valence-corrected chi connectivity index (χ4v) is 2.70. The average Bonchev–Trinajstić information content (AvgIpc) is 3.23. The van der Waals surface area contributed by atoms with E-state index in [1.54, 1.807) is 29.2 Å². The maximum Gasteiger partial charge on any atom is 0.248 e. The molecular weight excluding hydrogens is 357 g/mol. The first kappa shape index (κ1) is 16.3. The van der Waals surface area contributed by atoms with Gasteiger partial charge in [0.2, 0.25) is 12.7 Å². The molecule has 1 aliphatic rings. The number of nitrogens with one attached hydrogen (secondary N) is 2. The molecule has 0 radical (unpaired) electrons. The van der Waals surface area contributed by atoms with Crippen LogP contribution < -0.4 is 20.1 Å². The molecule has 2 heterocycles. The Balaban J connectivity index is 1.37. The van der Waals surface area contributed by atoms with E-state index in [1.807, 2.05) is 12.1 Å². The topological polar surface area (TPSA) is 73.2 Å². The van der Waals surface area contributed by atoms with E-state index in [1.165, 1.54) is 12.1 Å². The molecule has 9 heteroatoms. The zero-order chi connectivity index (χ0) is 17.9. The summed E-state index contributed by atoms with van der Waals surface area (Å²) < 4.78 is 25.4. The number of benzene rings is 2. The Labute approximate surface area is 153 Å². The molecule has 132 valence electrons. The lowest BCUT2D eigenvalue weighted by atomic mass is 10.2. The highest BCUT2D eigenvalue weighted by Gasteiger charge is 2.13. The van der Waals surface area contributed by atoms with Crippen molar-refractivity contribution in [3.63, 3.8) is 0 Å². The molecule has 0 amide bonds. The molecule has 1 aromatic heterocycles. The van der Waals surface area contributed by atoms with Crippen LogP contribution in [0.15, 0.2) is 48.8 Å². The van der Waals surface area contributed by atoms with Gasteiger partial charge >= 0.3 is 0 Å². The van der Waals surface area contributed by atoms with Crippen molar-refractivity contribution in [3.8, 4) is 11.5 Å². The Hall–Kier alpha value is -3.20. The molecule has 4 rings (SSSR count). The lowest BCUT2D eigenvalue weighted by molar-refractivity contribution is 0.174. The first-order valence-corrected chi connectivity index (χ1v) is 8.18. The number of halogens is 1. The predicted molar refractivity (Wildman–Crippen MR) is 97.9 cm³/mol. The smallest absolute Gasteiger partial charge is 0.248 e. The molecule has 0 bridgehead atoms. The summed E-state index contributed by atoms with van der Waals surface area (Å²) in [4.78, 5) is 4.15. The number of hydrogen-bond acceptors (Lipinski definition) is 5.